The van der Waals surface area contributed by atoms with Gasteiger partial charge in [0.2, 0.25) is 0 Å². The summed E-state index contributed by atoms with van der Waals surface area (Å²) in [6.07, 6.45) is 4.94. The first-order valence-electron chi connectivity index (χ1n) is 7.85. The van der Waals surface area contributed by atoms with Crippen molar-refractivity contribution in [3.8, 4) is 0 Å². The van der Waals surface area contributed by atoms with Crippen LogP contribution in [0.2, 0.25) is 0 Å². The lowest BCUT2D eigenvalue weighted by Crippen LogP contribution is -2.27. The van der Waals surface area contributed by atoms with Crippen LogP contribution < -0.4 is 5.32 Å². The molecule has 0 radical (unpaired) electrons. The summed E-state index contributed by atoms with van der Waals surface area (Å²) in [7, 11) is 2.00. The topological polar surface area (TPSA) is 60.6 Å². The molecule has 1 N–H and O–H groups in total. The van der Waals surface area contributed by atoms with Crippen LogP contribution in [0.1, 0.15) is 56.7 Å². The van der Waals surface area contributed by atoms with Gasteiger partial charge in [-0.3, -0.25) is 4.68 Å². The van der Waals surface area contributed by atoms with Gasteiger partial charge < -0.3 is 5.32 Å². The van der Waals surface area contributed by atoms with Crippen LogP contribution in [-0.2, 0) is 20.0 Å². The highest BCUT2D eigenvalue weighted by Crippen LogP contribution is 2.22. The van der Waals surface area contributed by atoms with Crippen molar-refractivity contribution in [2.45, 2.75) is 52.6 Å². The van der Waals surface area contributed by atoms with Crippen molar-refractivity contribution >= 4 is 0 Å². The Bertz CT molecular complexity index is 556. The molecule has 0 spiro atoms. The van der Waals surface area contributed by atoms with Gasteiger partial charge in [0.15, 0.2) is 0 Å². The number of nitrogens with one attached hydrogen (secondary N) is 1. The van der Waals surface area contributed by atoms with Crippen LogP contribution in [0.15, 0.2) is 12.3 Å². The smallest absolute Gasteiger partial charge is 0.0935 e. The van der Waals surface area contributed by atoms with Gasteiger partial charge in [0.25, 0.3) is 0 Å². The molecule has 0 saturated carbocycles. The molecule has 2 rings (SSSR count). The molecule has 0 amide bonds. The standard InChI is InChI=1S/C15H26N6/c1-5-8-16-15(13-10-12(7-3)18-20(13)4)14-11-17-19-21(14)9-6-2/h10-11,15-16H,5-9H2,1-4H3. The van der Waals surface area contributed by atoms with Gasteiger partial charge in [-0.2, -0.15) is 5.10 Å². The van der Waals surface area contributed by atoms with E-state index in [2.05, 4.69) is 47.6 Å². The molecule has 0 aromatic carbocycles. The summed E-state index contributed by atoms with van der Waals surface area (Å²) < 4.78 is 3.96. The van der Waals surface area contributed by atoms with Crippen molar-refractivity contribution in [3.05, 3.63) is 29.3 Å². The average molecular weight is 290 g/mol. The van der Waals surface area contributed by atoms with Gasteiger partial charge in [-0.15, -0.1) is 5.10 Å². The Morgan fingerprint density at radius 3 is 2.62 bits per heavy atom. The van der Waals surface area contributed by atoms with Crippen LogP contribution >= 0.6 is 0 Å². The molecule has 21 heavy (non-hydrogen) atoms. The van der Waals surface area contributed by atoms with Crippen LogP contribution in [-0.4, -0.2) is 31.3 Å². The highest BCUT2D eigenvalue weighted by atomic mass is 15.4. The van der Waals surface area contributed by atoms with Crippen LogP contribution in [0.4, 0.5) is 0 Å². The Morgan fingerprint density at radius 2 is 2.00 bits per heavy atom. The zero-order valence-corrected chi connectivity index (χ0v) is 13.5. The molecule has 6 nitrogen and oxygen atoms in total. The molecular weight excluding hydrogens is 264 g/mol. The number of aryl methyl sites for hydroxylation is 3. The molecule has 0 fully saturated rings. The second kappa shape index (κ2) is 7.36. The maximum Gasteiger partial charge on any atom is 0.0935 e. The molecule has 0 saturated heterocycles. The zero-order valence-electron chi connectivity index (χ0n) is 13.5. The Balaban J connectivity index is 2.37. The number of aromatic nitrogens is 5. The van der Waals surface area contributed by atoms with Gasteiger partial charge >= 0.3 is 0 Å². The molecule has 2 aromatic rings. The minimum atomic E-state index is 0.0873. The first-order chi connectivity index (χ1) is 10.2. The number of rotatable bonds is 8. The van der Waals surface area contributed by atoms with Crippen LogP contribution in [0, 0.1) is 0 Å². The first-order valence-corrected chi connectivity index (χ1v) is 7.85. The molecule has 0 bridgehead atoms. The minimum absolute atomic E-state index is 0.0873. The van der Waals surface area contributed by atoms with E-state index < -0.39 is 0 Å². The summed E-state index contributed by atoms with van der Waals surface area (Å²) in [5, 5.41) is 16.5. The number of hydrogen-bond donors (Lipinski definition) is 1. The van der Waals surface area contributed by atoms with Gasteiger partial charge in [-0.05, 0) is 31.9 Å². The molecule has 0 aliphatic heterocycles. The Labute approximate surface area is 126 Å². The molecule has 0 aliphatic rings. The zero-order chi connectivity index (χ0) is 15.2. The van der Waals surface area contributed by atoms with Crippen LogP contribution in [0.3, 0.4) is 0 Å². The molecule has 116 valence electrons. The Morgan fingerprint density at radius 1 is 1.19 bits per heavy atom. The van der Waals surface area contributed by atoms with E-state index in [9.17, 15) is 0 Å². The van der Waals surface area contributed by atoms with Gasteiger partial charge in [0.1, 0.15) is 0 Å². The molecule has 1 atom stereocenters. The highest BCUT2D eigenvalue weighted by molar-refractivity contribution is 5.23. The predicted octanol–water partition coefficient (Wildman–Crippen LogP) is 2.07. The van der Waals surface area contributed by atoms with Gasteiger partial charge in [0, 0.05) is 13.6 Å². The first kappa shape index (κ1) is 15.7. The maximum atomic E-state index is 4.57. The summed E-state index contributed by atoms with van der Waals surface area (Å²) in [6, 6.07) is 2.26. The molecule has 1 unspecified atom stereocenters. The summed E-state index contributed by atoms with van der Waals surface area (Å²) in [5.41, 5.74) is 3.39. The lowest BCUT2D eigenvalue weighted by Gasteiger charge is -2.19. The second-order valence-electron chi connectivity index (χ2n) is 5.31. The molecule has 6 heteroatoms. The summed E-state index contributed by atoms with van der Waals surface area (Å²) >= 11 is 0. The van der Waals surface area contributed by atoms with Crippen molar-refractivity contribution < 1.29 is 0 Å². The van der Waals surface area contributed by atoms with E-state index >= 15 is 0 Å². The summed E-state index contributed by atoms with van der Waals surface area (Å²) in [5.74, 6) is 0. The van der Waals surface area contributed by atoms with Crippen molar-refractivity contribution in [1.29, 1.82) is 0 Å². The van der Waals surface area contributed by atoms with Crippen LogP contribution in [0.25, 0.3) is 0 Å². The largest absolute Gasteiger partial charge is 0.304 e. The summed E-state index contributed by atoms with van der Waals surface area (Å²) in [6.45, 7) is 8.29. The minimum Gasteiger partial charge on any atom is -0.304 e. The van der Waals surface area contributed by atoms with E-state index in [-0.39, 0.29) is 6.04 Å². The number of hydrogen-bond acceptors (Lipinski definition) is 4. The van der Waals surface area contributed by atoms with E-state index in [0.29, 0.717) is 0 Å². The fraction of sp³-hybridized carbons (Fsp3) is 0.667. The normalized spacial score (nSPS) is 12.8. The lowest BCUT2D eigenvalue weighted by molar-refractivity contribution is 0.486. The van der Waals surface area contributed by atoms with Crippen molar-refractivity contribution in [2.75, 3.05) is 6.54 Å². The molecule has 0 aliphatic carbocycles. The third-order valence-electron chi connectivity index (χ3n) is 3.60. The van der Waals surface area contributed by atoms with E-state index in [4.69, 9.17) is 0 Å². The molecular formula is C15H26N6. The summed E-state index contributed by atoms with van der Waals surface area (Å²) in [4.78, 5) is 0. The van der Waals surface area contributed by atoms with Crippen LogP contribution in [0.5, 0.6) is 0 Å². The van der Waals surface area contributed by atoms with Gasteiger partial charge in [0.05, 0.1) is 29.3 Å². The maximum absolute atomic E-state index is 4.57. The molecule has 2 aromatic heterocycles. The SMILES string of the molecule is CCCNC(c1cc(CC)nn1C)c1cnnn1CCC. The van der Waals surface area contributed by atoms with E-state index in [1.54, 1.807) is 0 Å². The molecule has 2 heterocycles. The Hall–Kier alpha value is -1.69. The third-order valence-corrected chi connectivity index (χ3v) is 3.60. The predicted molar refractivity (Wildman–Crippen MR) is 83.0 cm³/mol. The Kier molecular flexibility index (Phi) is 5.50. The third kappa shape index (κ3) is 3.50. The fourth-order valence-corrected chi connectivity index (χ4v) is 2.51. The average Bonchev–Trinajstić information content (AvgIpc) is 3.08. The van der Waals surface area contributed by atoms with Crippen molar-refractivity contribution in [2.24, 2.45) is 7.05 Å². The van der Waals surface area contributed by atoms with E-state index in [1.807, 2.05) is 22.6 Å². The second-order valence-corrected chi connectivity index (χ2v) is 5.31. The van der Waals surface area contributed by atoms with Gasteiger partial charge in [-0.25, -0.2) is 4.68 Å². The van der Waals surface area contributed by atoms with Crippen molar-refractivity contribution in [3.63, 3.8) is 0 Å². The fourth-order valence-electron chi connectivity index (χ4n) is 2.51. The van der Waals surface area contributed by atoms with E-state index in [0.717, 1.165) is 43.7 Å². The van der Waals surface area contributed by atoms with E-state index in [1.165, 1.54) is 5.69 Å². The number of nitrogens with zero attached hydrogens (tertiary/aromatic N) is 5. The van der Waals surface area contributed by atoms with Crippen molar-refractivity contribution in [1.82, 2.24) is 30.1 Å². The quantitative estimate of drug-likeness (QED) is 0.808. The highest BCUT2D eigenvalue weighted by Gasteiger charge is 2.22. The van der Waals surface area contributed by atoms with Gasteiger partial charge in [-0.1, -0.05) is 26.0 Å². The monoisotopic (exact) mass is 290 g/mol. The lowest BCUT2D eigenvalue weighted by atomic mass is 10.1.